The van der Waals surface area contributed by atoms with Gasteiger partial charge in [0.1, 0.15) is 5.17 Å². The summed E-state index contributed by atoms with van der Waals surface area (Å²) in [5, 5.41) is 7.11. The van der Waals surface area contributed by atoms with Crippen molar-refractivity contribution in [2.75, 3.05) is 0 Å². The maximum Gasteiger partial charge on any atom is 0.123 e. The monoisotopic (exact) mass is 143 g/mol. The van der Waals surface area contributed by atoms with Crippen molar-refractivity contribution in [3.8, 4) is 0 Å². The Kier molecular flexibility index (Phi) is 4.06. The van der Waals surface area contributed by atoms with E-state index >= 15 is 0 Å². The summed E-state index contributed by atoms with van der Waals surface area (Å²) >= 11 is 5.39. The molecule has 0 aliphatic heterocycles. The predicted octanol–water partition coefficient (Wildman–Crippen LogP) is 2.72. The summed E-state index contributed by atoms with van der Waals surface area (Å²) in [5.74, 6) is 0. The standard InChI is InChI=1S/C7H10ClN/c1-3-5-6(4-2)7(8)9/h3,5,9H,1,4H2,2H3/b6-5+,9-7?. The number of hydrogen-bond acceptors (Lipinski definition) is 1. The Balaban J connectivity index is 4.14. The van der Waals surface area contributed by atoms with Crippen molar-refractivity contribution in [3.05, 3.63) is 24.3 Å². The van der Waals surface area contributed by atoms with Crippen LogP contribution >= 0.6 is 11.6 Å². The molecule has 0 atom stereocenters. The van der Waals surface area contributed by atoms with Crippen LogP contribution < -0.4 is 0 Å². The molecule has 2 heteroatoms. The summed E-state index contributed by atoms with van der Waals surface area (Å²) in [6, 6.07) is 0. The predicted molar refractivity (Wildman–Crippen MR) is 42.2 cm³/mol. The van der Waals surface area contributed by atoms with Gasteiger partial charge in [-0.2, -0.15) is 0 Å². The van der Waals surface area contributed by atoms with Crippen molar-refractivity contribution in [2.45, 2.75) is 13.3 Å². The minimum absolute atomic E-state index is 0.109. The van der Waals surface area contributed by atoms with Gasteiger partial charge in [-0.3, -0.25) is 5.41 Å². The Morgan fingerprint density at radius 3 is 2.44 bits per heavy atom. The smallest absolute Gasteiger partial charge is 0.123 e. The normalized spacial score (nSPS) is 11.1. The van der Waals surface area contributed by atoms with Crippen molar-refractivity contribution >= 4 is 16.8 Å². The van der Waals surface area contributed by atoms with Crippen molar-refractivity contribution in [1.29, 1.82) is 5.41 Å². The van der Waals surface area contributed by atoms with E-state index in [1.165, 1.54) is 0 Å². The van der Waals surface area contributed by atoms with Crippen molar-refractivity contribution in [2.24, 2.45) is 0 Å². The van der Waals surface area contributed by atoms with Crippen LogP contribution in [0.5, 0.6) is 0 Å². The fourth-order valence-corrected chi connectivity index (χ4v) is 0.685. The molecule has 50 valence electrons. The fourth-order valence-electron chi connectivity index (χ4n) is 0.488. The Bertz CT molecular complexity index is 147. The van der Waals surface area contributed by atoms with Crippen LogP contribution in [0.25, 0.3) is 0 Å². The van der Waals surface area contributed by atoms with Gasteiger partial charge >= 0.3 is 0 Å². The molecule has 0 aromatic heterocycles. The Morgan fingerprint density at radius 2 is 2.33 bits per heavy atom. The highest BCUT2D eigenvalue weighted by Crippen LogP contribution is 2.04. The highest BCUT2D eigenvalue weighted by atomic mass is 35.5. The third kappa shape index (κ3) is 3.09. The average molecular weight is 144 g/mol. The van der Waals surface area contributed by atoms with Gasteiger partial charge in [0.2, 0.25) is 0 Å². The first-order valence-electron chi connectivity index (χ1n) is 2.78. The topological polar surface area (TPSA) is 23.9 Å². The van der Waals surface area contributed by atoms with Crippen LogP contribution in [0.4, 0.5) is 0 Å². The molecule has 0 aliphatic rings. The van der Waals surface area contributed by atoms with Crippen molar-refractivity contribution in [3.63, 3.8) is 0 Å². The molecule has 1 nitrogen and oxygen atoms in total. The average Bonchev–Trinajstić information content (AvgIpc) is 1.82. The molecule has 1 N–H and O–H groups in total. The van der Waals surface area contributed by atoms with E-state index < -0.39 is 0 Å². The van der Waals surface area contributed by atoms with E-state index in [1.54, 1.807) is 12.2 Å². The molecule has 0 spiro atoms. The molecule has 0 rings (SSSR count). The fraction of sp³-hybridized carbons (Fsp3) is 0.286. The van der Waals surface area contributed by atoms with E-state index in [2.05, 4.69) is 6.58 Å². The minimum atomic E-state index is 0.109. The molecule has 0 aromatic rings. The molecule has 9 heavy (non-hydrogen) atoms. The molecule has 0 saturated carbocycles. The minimum Gasteiger partial charge on any atom is -0.289 e. The third-order valence-electron chi connectivity index (χ3n) is 0.982. The molecule has 0 radical (unpaired) electrons. The molecule has 0 unspecified atom stereocenters. The van der Waals surface area contributed by atoms with Crippen LogP contribution in [0, 0.1) is 5.41 Å². The number of nitrogens with one attached hydrogen (secondary N) is 1. The number of hydrogen-bond donors (Lipinski definition) is 1. The lowest BCUT2D eigenvalue weighted by Crippen LogP contribution is -1.88. The van der Waals surface area contributed by atoms with E-state index in [0.29, 0.717) is 0 Å². The summed E-state index contributed by atoms with van der Waals surface area (Å²) < 4.78 is 0. The zero-order valence-electron chi connectivity index (χ0n) is 5.45. The van der Waals surface area contributed by atoms with Crippen LogP contribution in [0.3, 0.4) is 0 Å². The van der Waals surface area contributed by atoms with Crippen LogP contribution in [0.15, 0.2) is 24.3 Å². The second-order valence-electron chi connectivity index (χ2n) is 1.60. The van der Waals surface area contributed by atoms with Gasteiger partial charge in [-0.1, -0.05) is 37.3 Å². The second kappa shape index (κ2) is 4.33. The summed E-state index contributed by atoms with van der Waals surface area (Å²) in [6.45, 7) is 5.45. The Labute approximate surface area is 60.5 Å². The first kappa shape index (κ1) is 8.44. The zero-order chi connectivity index (χ0) is 7.28. The Hall–Kier alpha value is -0.560. The lowest BCUT2D eigenvalue weighted by atomic mass is 10.2. The van der Waals surface area contributed by atoms with E-state index in [4.69, 9.17) is 17.0 Å². The molecule has 0 aliphatic carbocycles. The summed E-state index contributed by atoms with van der Waals surface area (Å²) in [6.07, 6.45) is 4.17. The van der Waals surface area contributed by atoms with Gasteiger partial charge in [0.25, 0.3) is 0 Å². The van der Waals surface area contributed by atoms with E-state index in [1.807, 2.05) is 6.92 Å². The van der Waals surface area contributed by atoms with Crippen LogP contribution in [0.2, 0.25) is 0 Å². The Morgan fingerprint density at radius 1 is 1.78 bits per heavy atom. The largest absolute Gasteiger partial charge is 0.289 e. The lowest BCUT2D eigenvalue weighted by molar-refractivity contribution is 1.17. The van der Waals surface area contributed by atoms with Gasteiger partial charge in [-0.05, 0) is 12.0 Å². The molecule has 0 aromatic carbocycles. The number of halogens is 1. The van der Waals surface area contributed by atoms with Crippen LogP contribution in [0.1, 0.15) is 13.3 Å². The van der Waals surface area contributed by atoms with Gasteiger partial charge in [0, 0.05) is 0 Å². The highest BCUT2D eigenvalue weighted by molar-refractivity contribution is 6.68. The van der Waals surface area contributed by atoms with Crippen LogP contribution in [-0.4, -0.2) is 5.17 Å². The first-order chi connectivity index (χ1) is 4.22. The lowest BCUT2D eigenvalue weighted by Gasteiger charge is -1.94. The summed E-state index contributed by atoms with van der Waals surface area (Å²) in [4.78, 5) is 0. The molecule has 0 fully saturated rings. The molecular weight excluding hydrogens is 134 g/mol. The number of rotatable bonds is 3. The molecule has 0 bridgehead atoms. The summed E-state index contributed by atoms with van der Waals surface area (Å²) in [7, 11) is 0. The maximum absolute atomic E-state index is 7.00. The van der Waals surface area contributed by atoms with Crippen LogP contribution in [-0.2, 0) is 0 Å². The van der Waals surface area contributed by atoms with E-state index in [0.717, 1.165) is 12.0 Å². The SMILES string of the molecule is C=C/C=C(\CC)C(=N)Cl. The molecule has 0 amide bonds. The van der Waals surface area contributed by atoms with Crippen molar-refractivity contribution in [1.82, 2.24) is 0 Å². The molecule has 0 heterocycles. The first-order valence-corrected chi connectivity index (χ1v) is 3.16. The quantitative estimate of drug-likeness (QED) is 0.464. The molecular formula is C7H10ClN. The van der Waals surface area contributed by atoms with Gasteiger partial charge in [0.05, 0.1) is 0 Å². The summed E-state index contributed by atoms with van der Waals surface area (Å²) in [5.41, 5.74) is 0.826. The van der Waals surface area contributed by atoms with Crippen molar-refractivity contribution < 1.29 is 0 Å². The van der Waals surface area contributed by atoms with Gasteiger partial charge in [0.15, 0.2) is 0 Å². The zero-order valence-corrected chi connectivity index (χ0v) is 6.20. The van der Waals surface area contributed by atoms with Gasteiger partial charge in [-0.15, -0.1) is 0 Å². The van der Waals surface area contributed by atoms with E-state index in [9.17, 15) is 0 Å². The van der Waals surface area contributed by atoms with Gasteiger partial charge in [-0.25, -0.2) is 0 Å². The second-order valence-corrected chi connectivity index (χ2v) is 1.97. The highest BCUT2D eigenvalue weighted by Gasteiger charge is 1.94. The maximum atomic E-state index is 7.00. The third-order valence-corrected chi connectivity index (χ3v) is 1.22. The molecule has 0 saturated heterocycles. The number of allylic oxidation sites excluding steroid dienone is 3. The van der Waals surface area contributed by atoms with Gasteiger partial charge < -0.3 is 0 Å². The van der Waals surface area contributed by atoms with E-state index in [-0.39, 0.29) is 5.17 Å².